The van der Waals surface area contributed by atoms with Gasteiger partial charge in [0, 0.05) is 34.6 Å². The molecule has 2 N–H and O–H groups in total. The van der Waals surface area contributed by atoms with Crippen molar-refractivity contribution in [3.05, 3.63) is 34.2 Å². The first-order valence-electron chi connectivity index (χ1n) is 17.2. The summed E-state index contributed by atoms with van der Waals surface area (Å²) in [5, 5.41) is 3.90. The molecule has 3 aromatic rings. The topological polar surface area (TPSA) is 122 Å². The van der Waals surface area contributed by atoms with Crippen LogP contribution >= 0.6 is 0 Å². The first-order chi connectivity index (χ1) is 21.6. The molecule has 1 fully saturated rings. The maximum Gasteiger partial charge on any atom is 0.277 e. The van der Waals surface area contributed by atoms with E-state index in [0.29, 0.717) is 17.5 Å². The van der Waals surface area contributed by atoms with Crippen molar-refractivity contribution in [2.24, 2.45) is 6.98 Å². The van der Waals surface area contributed by atoms with E-state index in [9.17, 15) is 13.2 Å². The predicted octanol–water partition coefficient (Wildman–Crippen LogP) is 2.83. The van der Waals surface area contributed by atoms with Crippen molar-refractivity contribution < 1.29 is 28.2 Å². The highest BCUT2D eigenvalue weighted by Gasteiger charge is 2.23. The summed E-state index contributed by atoms with van der Waals surface area (Å²) in [6, 6.07) is 2.21. The lowest BCUT2D eigenvalue weighted by molar-refractivity contribution is 0.297. The van der Waals surface area contributed by atoms with Gasteiger partial charge in [-0.25, -0.2) is 18.1 Å². The van der Waals surface area contributed by atoms with Gasteiger partial charge in [-0.05, 0) is 63.7 Å². The Balaban J connectivity index is 1.83. The number of nitrogens with one attached hydrogen (secondary N) is 2. The standard InChI is InChI=1S/C25H36N6O4S/c1-5-8-20-22-23(31(4)29-20)25(32)28-24(27-22)19-16-18(10-11-21(19)35-15-6-2)36(33,34)26-13-12-17-9-7-14-30(17)3/h10-11,16-17,26H,5-9,12-15H2,1-4H3,(H,27,28,32)/i3D3,4D3,8D2,12D2,13D. The highest BCUT2D eigenvalue weighted by molar-refractivity contribution is 7.89. The summed E-state index contributed by atoms with van der Waals surface area (Å²) in [5.41, 5.74) is -2.35. The maximum atomic E-state index is 13.5. The van der Waals surface area contributed by atoms with Gasteiger partial charge in [0.1, 0.15) is 17.1 Å². The number of likely N-dealkylation sites (tertiary alicyclic amines) is 1. The molecule has 1 aliphatic rings. The number of aromatic amines is 1. The average Bonchev–Trinajstić information content (AvgIpc) is 3.63. The molecular weight excluding hydrogens is 480 g/mol. The number of rotatable bonds is 11. The summed E-state index contributed by atoms with van der Waals surface area (Å²) in [4.78, 5) is 20.6. The zero-order chi connectivity index (χ0) is 35.3. The minimum Gasteiger partial charge on any atom is -0.493 e. The minimum atomic E-state index is -4.66. The minimum absolute atomic E-state index is 0.0606. The fraction of sp³-hybridized carbons (Fsp3) is 0.560. The number of hydrogen-bond donors (Lipinski definition) is 2. The second-order valence-corrected chi connectivity index (χ2v) is 9.91. The van der Waals surface area contributed by atoms with E-state index in [1.807, 2.05) is 11.6 Å². The molecule has 2 unspecified atom stereocenters. The smallest absolute Gasteiger partial charge is 0.277 e. The third kappa shape index (κ3) is 5.47. The van der Waals surface area contributed by atoms with Gasteiger partial charge in [0.2, 0.25) is 10.0 Å². The lowest BCUT2D eigenvalue weighted by atomic mass is 10.1. The Bertz CT molecular complexity index is 1790. The van der Waals surface area contributed by atoms with Crippen LogP contribution in [0.2, 0.25) is 0 Å². The molecule has 0 amide bonds. The van der Waals surface area contributed by atoms with Crippen LogP contribution in [0.15, 0.2) is 27.9 Å². The molecule has 0 saturated carbocycles. The Morgan fingerprint density at radius 2 is 2.17 bits per heavy atom. The molecule has 2 atom stereocenters. The summed E-state index contributed by atoms with van der Waals surface area (Å²) in [5.74, 6) is -0.227. The molecule has 1 aliphatic heterocycles. The molecule has 36 heavy (non-hydrogen) atoms. The molecule has 196 valence electrons. The SMILES string of the molecule is [2H]C(NS(=O)(=O)c1ccc(OCCC)c(-c2nc3c(C([2H])([2H])CC)nn(C([2H])([2H])[2H])c3c(=O)[nH]2)c1)C([2H])([2H])C1CCCN1C([2H])([2H])[2H]. The number of hydrogen-bond acceptors (Lipinski definition) is 7. The van der Waals surface area contributed by atoms with Crippen molar-refractivity contribution in [2.45, 2.75) is 63.2 Å². The molecule has 10 nitrogen and oxygen atoms in total. The number of sulfonamides is 1. The van der Waals surface area contributed by atoms with Crippen LogP contribution in [0.3, 0.4) is 0 Å². The number of benzene rings is 1. The van der Waals surface area contributed by atoms with E-state index in [4.69, 9.17) is 19.8 Å². The van der Waals surface area contributed by atoms with Crippen LogP contribution in [0.1, 0.15) is 66.7 Å². The lowest BCUT2D eigenvalue weighted by Gasteiger charge is -2.19. The fourth-order valence-corrected chi connectivity index (χ4v) is 4.73. The first kappa shape index (κ1) is 15.5. The third-order valence-electron chi connectivity index (χ3n) is 5.60. The van der Waals surface area contributed by atoms with Gasteiger partial charge in [-0.1, -0.05) is 20.3 Å². The zero-order valence-electron chi connectivity index (χ0n) is 31.0. The summed E-state index contributed by atoms with van der Waals surface area (Å²) in [7, 11) is -4.66. The number of H-pyrrole nitrogens is 1. The van der Waals surface area contributed by atoms with Crippen LogP contribution < -0.4 is 15.0 Å². The van der Waals surface area contributed by atoms with E-state index in [2.05, 4.69) is 15.1 Å². The van der Waals surface area contributed by atoms with Gasteiger partial charge >= 0.3 is 0 Å². The van der Waals surface area contributed by atoms with E-state index < -0.39 is 70.9 Å². The van der Waals surface area contributed by atoms with Crippen LogP contribution in [0.25, 0.3) is 22.4 Å². The fourth-order valence-electron chi connectivity index (χ4n) is 3.86. The van der Waals surface area contributed by atoms with E-state index in [-0.39, 0.29) is 48.6 Å². The molecule has 3 heterocycles. The van der Waals surface area contributed by atoms with Crippen LogP contribution in [0.5, 0.6) is 5.75 Å². The Morgan fingerprint density at radius 3 is 2.92 bits per heavy atom. The van der Waals surface area contributed by atoms with Crippen molar-refractivity contribution in [3.63, 3.8) is 0 Å². The summed E-state index contributed by atoms with van der Waals surface area (Å²) in [6.07, 6.45) is -3.94. The molecule has 0 aliphatic carbocycles. The van der Waals surface area contributed by atoms with Crippen molar-refractivity contribution >= 4 is 21.1 Å². The Kier molecular flexibility index (Phi) is 4.77. The average molecular weight is 528 g/mol. The number of aromatic nitrogens is 4. The highest BCUT2D eigenvalue weighted by atomic mass is 32.2. The normalized spacial score (nSPS) is 23.6. The Labute approximate surface area is 227 Å². The number of nitrogens with zero attached hydrogens (tertiary/aromatic N) is 4. The second kappa shape index (κ2) is 11.1. The molecule has 1 aromatic carbocycles. The van der Waals surface area contributed by atoms with Gasteiger partial charge < -0.3 is 14.6 Å². The molecule has 0 bridgehead atoms. The van der Waals surface area contributed by atoms with E-state index >= 15 is 0 Å². The second-order valence-electron chi connectivity index (χ2n) is 8.19. The molecule has 0 radical (unpaired) electrons. The molecule has 0 spiro atoms. The Morgan fingerprint density at radius 1 is 1.31 bits per heavy atom. The predicted molar refractivity (Wildman–Crippen MR) is 140 cm³/mol. The summed E-state index contributed by atoms with van der Waals surface area (Å²) >= 11 is 0. The van der Waals surface area contributed by atoms with Crippen LogP contribution in [0, 0.1) is 0 Å². The summed E-state index contributed by atoms with van der Waals surface area (Å²) < 4.78 is 124. The molecule has 1 saturated heterocycles. The maximum absolute atomic E-state index is 13.5. The quantitative estimate of drug-likeness (QED) is 0.393. The zero-order valence-corrected chi connectivity index (χ0v) is 20.8. The monoisotopic (exact) mass is 527 g/mol. The first-order valence-corrected chi connectivity index (χ1v) is 13.1. The van der Waals surface area contributed by atoms with Gasteiger partial charge in [-0.2, -0.15) is 5.10 Å². The van der Waals surface area contributed by atoms with Crippen molar-refractivity contribution in [1.29, 1.82) is 0 Å². The van der Waals surface area contributed by atoms with Gasteiger partial charge in [0.25, 0.3) is 5.56 Å². The van der Waals surface area contributed by atoms with Crippen LogP contribution in [0.4, 0.5) is 0 Å². The van der Waals surface area contributed by atoms with E-state index in [1.54, 1.807) is 0 Å². The number of fused-ring (bicyclic) bond motifs is 1. The molecule has 4 rings (SSSR count). The Hall–Kier alpha value is -2.76. The van der Waals surface area contributed by atoms with Gasteiger partial charge in [-0.15, -0.1) is 0 Å². The lowest BCUT2D eigenvalue weighted by Crippen LogP contribution is -2.31. The number of ether oxygens (including phenoxy) is 1. The third-order valence-corrected chi connectivity index (χ3v) is 6.90. The summed E-state index contributed by atoms with van der Waals surface area (Å²) in [6.45, 7) is -4.16. The van der Waals surface area contributed by atoms with Crippen molar-refractivity contribution in [2.75, 3.05) is 26.6 Å². The molecular formula is C25H36N6O4S. The molecule has 2 aromatic heterocycles. The van der Waals surface area contributed by atoms with Crippen LogP contribution in [-0.4, -0.2) is 65.8 Å². The van der Waals surface area contributed by atoms with Gasteiger partial charge in [0.05, 0.1) is 22.8 Å². The van der Waals surface area contributed by atoms with Gasteiger partial charge in [0.15, 0.2) is 5.52 Å². The van der Waals surface area contributed by atoms with Crippen LogP contribution in [-0.2, 0) is 23.4 Å². The number of aryl methyl sites for hydroxylation is 2. The highest BCUT2D eigenvalue weighted by Crippen LogP contribution is 2.31. The van der Waals surface area contributed by atoms with E-state index in [0.717, 1.165) is 17.0 Å². The largest absolute Gasteiger partial charge is 0.493 e. The van der Waals surface area contributed by atoms with Gasteiger partial charge in [-0.3, -0.25) is 9.48 Å². The van der Waals surface area contributed by atoms with Crippen molar-refractivity contribution in [1.82, 2.24) is 29.4 Å². The van der Waals surface area contributed by atoms with Crippen molar-refractivity contribution in [3.8, 4) is 17.1 Å². The van der Waals surface area contributed by atoms with E-state index in [1.165, 1.54) is 13.0 Å². The molecule has 11 heteroatoms.